The van der Waals surface area contributed by atoms with E-state index in [0.29, 0.717) is 0 Å². The van der Waals surface area contributed by atoms with Gasteiger partial charge in [-0.05, 0) is 37.3 Å². The first-order valence-electron chi connectivity index (χ1n) is 5.19. The number of hydrogen-bond donors (Lipinski definition) is 0. The van der Waals surface area contributed by atoms with Crippen molar-refractivity contribution >= 4 is 10.8 Å². The lowest BCUT2D eigenvalue weighted by Gasteiger charge is -2.01. The molecule has 1 heterocycles. The first-order chi connectivity index (χ1) is 6.83. The molecule has 2 aromatic rings. The predicted octanol–water partition coefficient (Wildman–Crippen LogP) is 3.42. The lowest BCUT2D eigenvalue weighted by Crippen LogP contribution is -1.86. The normalized spacial score (nSPS) is 16.1. The zero-order valence-electron chi connectivity index (χ0n) is 8.33. The largest absolute Gasteiger partial charge is 0.260 e. The van der Waals surface area contributed by atoms with E-state index in [0.717, 1.165) is 5.92 Å². The molecule has 0 spiro atoms. The van der Waals surface area contributed by atoms with Crippen LogP contribution in [0.4, 0.5) is 0 Å². The zero-order chi connectivity index (χ0) is 9.54. The van der Waals surface area contributed by atoms with Crippen LogP contribution in [0.25, 0.3) is 10.8 Å². The second-order valence-electron chi connectivity index (χ2n) is 4.23. The van der Waals surface area contributed by atoms with Gasteiger partial charge in [-0.3, -0.25) is 4.98 Å². The van der Waals surface area contributed by atoms with Crippen molar-refractivity contribution in [3.63, 3.8) is 0 Å². The number of hydrogen-bond acceptors (Lipinski definition) is 1. The highest BCUT2D eigenvalue weighted by molar-refractivity contribution is 5.82. The minimum absolute atomic E-state index is 0.751. The van der Waals surface area contributed by atoms with Gasteiger partial charge in [0.15, 0.2) is 0 Å². The van der Waals surface area contributed by atoms with E-state index >= 15 is 0 Å². The topological polar surface area (TPSA) is 12.9 Å². The summed E-state index contributed by atoms with van der Waals surface area (Å²) in [6, 6.07) is 8.79. The van der Waals surface area contributed by atoms with Crippen LogP contribution in [-0.2, 0) is 0 Å². The van der Waals surface area contributed by atoms with Gasteiger partial charge in [0.05, 0.1) is 0 Å². The Morgan fingerprint density at radius 2 is 2.00 bits per heavy atom. The van der Waals surface area contributed by atoms with Crippen molar-refractivity contribution in [1.82, 2.24) is 4.98 Å². The molecule has 1 aliphatic carbocycles. The van der Waals surface area contributed by atoms with Crippen LogP contribution in [0.15, 0.2) is 30.5 Å². The molecule has 3 rings (SSSR count). The second-order valence-corrected chi connectivity index (χ2v) is 4.23. The van der Waals surface area contributed by atoms with Crippen LogP contribution in [0.1, 0.15) is 30.0 Å². The van der Waals surface area contributed by atoms with Crippen molar-refractivity contribution in [1.29, 1.82) is 0 Å². The maximum atomic E-state index is 4.51. The van der Waals surface area contributed by atoms with E-state index < -0.39 is 0 Å². The molecule has 1 saturated carbocycles. The SMILES string of the molecule is Cc1ccc2cc(C3CC3)ncc2c1. The monoisotopic (exact) mass is 183 g/mol. The second kappa shape index (κ2) is 2.81. The molecule has 0 bridgehead atoms. The van der Waals surface area contributed by atoms with Crippen molar-refractivity contribution in [2.24, 2.45) is 0 Å². The average Bonchev–Trinajstić information content (AvgIpc) is 3.00. The van der Waals surface area contributed by atoms with Gasteiger partial charge in [0.1, 0.15) is 0 Å². The Labute approximate surface area is 83.8 Å². The van der Waals surface area contributed by atoms with Crippen LogP contribution >= 0.6 is 0 Å². The number of aromatic nitrogens is 1. The summed E-state index contributed by atoms with van der Waals surface area (Å²) >= 11 is 0. The molecule has 0 amide bonds. The Bertz CT molecular complexity index is 484. The molecule has 0 saturated heterocycles. The molecule has 1 aromatic carbocycles. The van der Waals surface area contributed by atoms with E-state index in [1.807, 2.05) is 6.20 Å². The minimum atomic E-state index is 0.751. The van der Waals surface area contributed by atoms with Crippen LogP contribution in [-0.4, -0.2) is 4.98 Å². The Morgan fingerprint density at radius 1 is 1.14 bits per heavy atom. The third-order valence-electron chi connectivity index (χ3n) is 2.89. The van der Waals surface area contributed by atoms with E-state index in [-0.39, 0.29) is 0 Å². The van der Waals surface area contributed by atoms with E-state index in [1.165, 1.54) is 34.9 Å². The molecule has 1 fully saturated rings. The standard InChI is InChI=1S/C13H13N/c1-9-2-3-11-7-13(10-4-5-10)14-8-12(11)6-9/h2-3,6-8,10H,4-5H2,1H3. The molecule has 14 heavy (non-hydrogen) atoms. The fourth-order valence-electron chi connectivity index (χ4n) is 1.88. The van der Waals surface area contributed by atoms with Gasteiger partial charge in [-0.1, -0.05) is 17.7 Å². The highest BCUT2D eigenvalue weighted by Crippen LogP contribution is 2.39. The fraction of sp³-hybridized carbons (Fsp3) is 0.308. The lowest BCUT2D eigenvalue weighted by atomic mass is 10.1. The molecular formula is C13H13N. The van der Waals surface area contributed by atoms with Crippen LogP contribution in [0.2, 0.25) is 0 Å². The summed E-state index contributed by atoms with van der Waals surface area (Å²) in [7, 11) is 0. The van der Waals surface area contributed by atoms with E-state index in [1.54, 1.807) is 0 Å². The van der Waals surface area contributed by atoms with Crippen molar-refractivity contribution in [3.8, 4) is 0 Å². The lowest BCUT2D eigenvalue weighted by molar-refractivity contribution is 1.03. The number of fused-ring (bicyclic) bond motifs is 1. The molecule has 70 valence electrons. The van der Waals surface area contributed by atoms with Crippen molar-refractivity contribution in [2.45, 2.75) is 25.7 Å². The van der Waals surface area contributed by atoms with Gasteiger partial charge < -0.3 is 0 Å². The Morgan fingerprint density at radius 3 is 2.79 bits per heavy atom. The fourth-order valence-corrected chi connectivity index (χ4v) is 1.88. The maximum Gasteiger partial charge on any atom is 0.0440 e. The molecule has 1 nitrogen and oxygen atoms in total. The molecule has 0 N–H and O–H groups in total. The molecule has 0 aliphatic heterocycles. The zero-order valence-corrected chi connectivity index (χ0v) is 8.33. The first kappa shape index (κ1) is 7.98. The first-order valence-corrected chi connectivity index (χ1v) is 5.19. The molecule has 1 heteroatoms. The van der Waals surface area contributed by atoms with E-state index in [9.17, 15) is 0 Å². The Balaban J connectivity index is 2.18. The third-order valence-corrected chi connectivity index (χ3v) is 2.89. The minimum Gasteiger partial charge on any atom is -0.260 e. The van der Waals surface area contributed by atoms with Crippen molar-refractivity contribution in [2.75, 3.05) is 0 Å². The number of aryl methyl sites for hydroxylation is 1. The number of rotatable bonds is 1. The third kappa shape index (κ3) is 1.29. The number of pyridine rings is 1. The summed E-state index contributed by atoms with van der Waals surface area (Å²) < 4.78 is 0. The van der Waals surface area contributed by atoms with Gasteiger partial charge in [0, 0.05) is 23.2 Å². The highest BCUT2D eigenvalue weighted by Gasteiger charge is 2.24. The van der Waals surface area contributed by atoms with Gasteiger partial charge in [0.2, 0.25) is 0 Å². The summed E-state index contributed by atoms with van der Waals surface area (Å²) in [5.74, 6) is 0.751. The number of benzene rings is 1. The Hall–Kier alpha value is -1.37. The number of nitrogens with zero attached hydrogens (tertiary/aromatic N) is 1. The molecule has 0 radical (unpaired) electrons. The molecule has 1 aliphatic rings. The van der Waals surface area contributed by atoms with Crippen LogP contribution < -0.4 is 0 Å². The van der Waals surface area contributed by atoms with Gasteiger partial charge in [-0.2, -0.15) is 0 Å². The van der Waals surface area contributed by atoms with Crippen LogP contribution in [0.3, 0.4) is 0 Å². The summed E-state index contributed by atoms with van der Waals surface area (Å²) in [6.07, 6.45) is 4.66. The summed E-state index contributed by atoms with van der Waals surface area (Å²) in [5, 5.41) is 2.59. The predicted molar refractivity (Wildman–Crippen MR) is 58.5 cm³/mol. The summed E-state index contributed by atoms with van der Waals surface area (Å²) in [4.78, 5) is 4.51. The highest BCUT2D eigenvalue weighted by atomic mass is 14.7. The molecular weight excluding hydrogens is 170 g/mol. The average molecular weight is 183 g/mol. The van der Waals surface area contributed by atoms with Gasteiger partial charge in [-0.15, -0.1) is 0 Å². The van der Waals surface area contributed by atoms with Crippen molar-refractivity contribution in [3.05, 3.63) is 41.7 Å². The van der Waals surface area contributed by atoms with Gasteiger partial charge in [-0.25, -0.2) is 0 Å². The van der Waals surface area contributed by atoms with E-state index in [4.69, 9.17) is 0 Å². The molecule has 0 unspecified atom stereocenters. The van der Waals surface area contributed by atoms with Crippen LogP contribution in [0, 0.1) is 6.92 Å². The maximum absolute atomic E-state index is 4.51. The van der Waals surface area contributed by atoms with E-state index in [2.05, 4.69) is 36.2 Å². The molecule has 0 atom stereocenters. The van der Waals surface area contributed by atoms with Gasteiger partial charge in [0.25, 0.3) is 0 Å². The van der Waals surface area contributed by atoms with Gasteiger partial charge >= 0.3 is 0 Å². The Kier molecular flexibility index (Phi) is 1.60. The quantitative estimate of drug-likeness (QED) is 0.660. The summed E-state index contributed by atoms with van der Waals surface area (Å²) in [6.45, 7) is 2.12. The van der Waals surface area contributed by atoms with Crippen LogP contribution in [0.5, 0.6) is 0 Å². The molecule has 1 aromatic heterocycles. The van der Waals surface area contributed by atoms with Crippen molar-refractivity contribution < 1.29 is 0 Å². The summed E-state index contributed by atoms with van der Waals surface area (Å²) in [5.41, 5.74) is 2.58. The smallest absolute Gasteiger partial charge is 0.0440 e.